The minimum Gasteiger partial charge on any atom is -0.480 e. The molecule has 0 rings (SSSR count). The molecule has 0 heterocycles. The summed E-state index contributed by atoms with van der Waals surface area (Å²) in [5.74, 6) is -0.947. The quantitative estimate of drug-likeness (QED) is 0.580. The molecule has 0 radical (unpaired) electrons. The Morgan fingerprint density at radius 3 is 2.82 bits per heavy atom. The lowest BCUT2D eigenvalue weighted by atomic mass is 10.1. The van der Waals surface area contributed by atoms with E-state index in [-0.39, 0.29) is 0 Å². The zero-order valence-electron chi connectivity index (χ0n) is 6.36. The first-order valence-corrected chi connectivity index (χ1v) is 3.44. The van der Waals surface area contributed by atoms with Crippen LogP contribution in [0.25, 0.3) is 0 Å². The van der Waals surface area contributed by atoms with E-state index in [1.165, 1.54) is 0 Å². The average molecular weight is 155 g/mol. The zero-order valence-corrected chi connectivity index (χ0v) is 6.36. The zero-order chi connectivity index (χ0) is 8.69. The van der Waals surface area contributed by atoms with Gasteiger partial charge in [-0.3, -0.25) is 4.79 Å². The van der Waals surface area contributed by atoms with Gasteiger partial charge in [-0.15, -0.1) is 0 Å². The van der Waals surface area contributed by atoms with Gasteiger partial charge in [0.2, 0.25) is 0 Å². The van der Waals surface area contributed by atoms with Gasteiger partial charge in [0.25, 0.3) is 0 Å². The fourth-order valence-corrected chi connectivity index (χ4v) is 0.592. The predicted molar refractivity (Wildman–Crippen MR) is 44.2 cm³/mol. The van der Waals surface area contributed by atoms with Crippen molar-refractivity contribution in [3.8, 4) is 0 Å². The molecule has 0 fully saturated rings. The molecule has 0 saturated carbocycles. The van der Waals surface area contributed by atoms with Crippen molar-refractivity contribution in [3.05, 3.63) is 24.8 Å². The van der Waals surface area contributed by atoms with Crippen molar-refractivity contribution in [1.82, 2.24) is 0 Å². The molecule has 0 bridgehead atoms. The normalized spacial score (nSPS) is 13.2. The van der Waals surface area contributed by atoms with E-state index < -0.39 is 12.0 Å². The maximum Gasteiger partial charge on any atom is 0.320 e. The van der Waals surface area contributed by atoms with Crippen LogP contribution in [0, 0.1) is 0 Å². The van der Waals surface area contributed by atoms with Crippen LogP contribution in [0.5, 0.6) is 0 Å². The van der Waals surface area contributed by atoms with E-state index in [4.69, 9.17) is 10.8 Å². The number of nitrogens with two attached hydrogens (primary N) is 1. The van der Waals surface area contributed by atoms with Crippen molar-refractivity contribution in [2.45, 2.75) is 18.9 Å². The molecule has 0 aliphatic heterocycles. The van der Waals surface area contributed by atoms with Crippen LogP contribution in [0.15, 0.2) is 24.8 Å². The first-order valence-electron chi connectivity index (χ1n) is 3.44. The van der Waals surface area contributed by atoms with Crippen LogP contribution in [-0.4, -0.2) is 17.1 Å². The second-order valence-electron chi connectivity index (χ2n) is 2.19. The Morgan fingerprint density at radius 2 is 2.36 bits per heavy atom. The monoisotopic (exact) mass is 155 g/mol. The van der Waals surface area contributed by atoms with Gasteiger partial charge in [0.15, 0.2) is 0 Å². The number of carbonyl (C=O) groups is 1. The fraction of sp³-hybridized carbons (Fsp3) is 0.375. The fourth-order valence-electron chi connectivity index (χ4n) is 0.592. The third-order valence-corrected chi connectivity index (χ3v) is 1.23. The number of hydrogen-bond donors (Lipinski definition) is 2. The SMILES string of the molecule is C=C/C=C/CC[C@H](N)C(=O)O. The summed E-state index contributed by atoms with van der Waals surface area (Å²) in [6.07, 6.45) is 6.41. The molecular weight excluding hydrogens is 142 g/mol. The van der Waals surface area contributed by atoms with Crippen LogP contribution in [0.4, 0.5) is 0 Å². The number of carboxylic acids is 1. The Labute approximate surface area is 66.2 Å². The Bertz CT molecular complexity index is 163. The molecule has 0 aromatic rings. The van der Waals surface area contributed by atoms with E-state index in [9.17, 15) is 4.79 Å². The van der Waals surface area contributed by atoms with Gasteiger partial charge < -0.3 is 10.8 Å². The van der Waals surface area contributed by atoms with Crippen LogP contribution >= 0.6 is 0 Å². The van der Waals surface area contributed by atoms with Gasteiger partial charge in [-0.05, 0) is 12.8 Å². The van der Waals surface area contributed by atoms with Crippen molar-refractivity contribution in [2.24, 2.45) is 5.73 Å². The molecule has 0 aliphatic carbocycles. The number of aliphatic carboxylic acids is 1. The van der Waals surface area contributed by atoms with Crippen LogP contribution in [0.2, 0.25) is 0 Å². The third-order valence-electron chi connectivity index (χ3n) is 1.23. The highest BCUT2D eigenvalue weighted by Crippen LogP contribution is 1.95. The van der Waals surface area contributed by atoms with Gasteiger partial charge in [0.05, 0.1) is 0 Å². The van der Waals surface area contributed by atoms with Crippen molar-refractivity contribution in [2.75, 3.05) is 0 Å². The molecule has 0 unspecified atom stereocenters. The maximum absolute atomic E-state index is 10.2. The molecule has 0 aromatic heterocycles. The second kappa shape index (κ2) is 5.68. The maximum atomic E-state index is 10.2. The summed E-state index contributed by atoms with van der Waals surface area (Å²) in [5, 5.41) is 8.37. The molecule has 0 aromatic carbocycles. The van der Waals surface area contributed by atoms with Gasteiger partial charge in [0.1, 0.15) is 6.04 Å². The topological polar surface area (TPSA) is 63.3 Å². The number of carboxylic acid groups (broad SMARTS) is 1. The molecule has 1 atom stereocenters. The second-order valence-corrected chi connectivity index (χ2v) is 2.19. The van der Waals surface area contributed by atoms with Crippen molar-refractivity contribution in [3.63, 3.8) is 0 Å². The summed E-state index contributed by atoms with van der Waals surface area (Å²) >= 11 is 0. The molecule has 3 nitrogen and oxygen atoms in total. The number of rotatable bonds is 5. The molecule has 3 N–H and O–H groups in total. The molecule has 11 heavy (non-hydrogen) atoms. The minimum absolute atomic E-state index is 0.472. The Hall–Kier alpha value is -1.09. The van der Waals surface area contributed by atoms with Crippen LogP contribution in [0.3, 0.4) is 0 Å². The van der Waals surface area contributed by atoms with Crippen molar-refractivity contribution < 1.29 is 9.90 Å². The van der Waals surface area contributed by atoms with Gasteiger partial charge in [-0.1, -0.05) is 24.8 Å². The van der Waals surface area contributed by atoms with Gasteiger partial charge >= 0.3 is 5.97 Å². The van der Waals surface area contributed by atoms with E-state index in [0.29, 0.717) is 12.8 Å². The standard InChI is InChI=1S/C8H13NO2/c1-2-3-4-5-6-7(9)8(10)11/h2-4,7H,1,5-6,9H2,(H,10,11)/b4-3+/t7-/m0/s1. The first-order chi connectivity index (χ1) is 5.18. The Morgan fingerprint density at radius 1 is 1.73 bits per heavy atom. The van der Waals surface area contributed by atoms with E-state index in [1.807, 2.05) is 6.08 Å². The lowest BCUT2D eigenvalue weighted by Crippen LogP contribution is -2.29. The van der Waals surface area contributed by atoms with Gasteiger partial charge in [-0.2, -0.15) is 0 Å². The van der Waals surface area contributed by atoms with E-state index in [2.05, 4.69) is 6.58 Å². The summed E-state index contributed by atoms with van der Waals surface area (Å²) in [6.45, 7) is 3.48. The molecule has 0 amide bonds. The number of hydrogen-bond acceptors (Lipinski definition) is 2. The predicted octanol–water partition coefficient (Wildman–Crippen LogP) is 0.921. The Balaban J connectivity index is 3.46. The summed E-state index contributed by atoms with van der Waals surface area (Å²) < 4.78 is 0. The van der Waals surface area contributed by atoms with Crippen molar-refractivity contribution in [1.29, 1.82) is 0 Å². The largest absolute Gasteiger partial charge is 0.480 e. The van der Waals surface area contributed by atoms with E-state index in [0.717, 1.165) is 0 Å². The van der Waals surface area contributed by atoms with Crippen LogP contribution in [-0.2, 0) is 4.79 Å². The molecule has 3 heteroatoms. The van der Waals surface area contributed by atoms with E-state index in [1.54, 1.807) is 12.2 Å². The van der Waals surface area contributed by atoms with E-state index >= 15 is 0 Å². The average Bonchev–Trinajstić information content (AvgIpc) is 1.97. The minimum atomic E-state index is -0.947. The highest BCUT2D eigenvalue weighted by molar-refractivity contribution is 5.72. The summed E-state index contributed by atoms with van der Waals surface area (Å²) in [5.41, 5.74) is 5.24. The lowest BCUT2D eigenvalue weighted by Gasteiger charge is -2.01. The molecular formula is C8H13NO2. The number of allylic oxidation sites excluding steroid dienone is 3. The third kappa shape index (κ3) is 5.36. The van der Waals surface area contributed by atoms with Gasteiger partial charge in [-0.25, -0.2) is 0 Å². The summed E-state index contributed by atoms with van der Waals surface area (Å²) in [6, 6.07) is -0.746. The highest BCUT2D eigenvalue weighted by atomic mass is 16.4. The smallest absolute Gasteiger partial charge is 0.320 e. The summed E-state index contributed by atoms with van der Waals surface area (Å²) in [4.78, 5) is 10.2. The molecule has 62 valence electrons. The highest BCUT2D eigenvalue weighted by Gasteiger charge is 2.08. The Kier molecular flexibility index (Phi) is 5.11. The summed E-state index contributed by atoms with van der Waals surface area (Å²) in [7, 11) is 0. The first kappa shape index (κ1) is 9.91. The van der Waals surface area contributed by atoms with Crippen molar-refractivity contribution >= 4 is 5.97 Å². The molecule has 0 saturated heterocycles. The lowest BCUT2D eigenvalue weighted by molar-refractivity contribution is -0.138. The molecule has 0 spiro atoms. The van der Waals surface area contributed by atoms with Crippen LogP contribution in [0.1, 0.15) is 12.8 Å². The van der Waals surface area contributed by atoms with Crippen LogP contribution < -0.4 is 5.73 Å². The van der Waals surface area contributed by atoms with Gasteiger partial charge in [0, 0.05) is 0 Å². The molecule has 0 aliphatic rings.